The molecule has 35 heavy (non-hydrogen) atoms. The summed E-state index contributed by atoms with van der Waals surface area (Å²) in [5, 5.41) is 0.471. The van der Waals surface area contributed by atoms with Crippen LogP contribution in [-0.4, -0.2) is 12.5 Å². The average molecular weight is 468 g/mol. The highest BCUT2D eigenvalue weighted by Gasteiger charge is 2.43. The monoisotopic (exact) mass is 467 g/mol. The Kier molecular flexibility index (Phi) is 6.41. The minimum absolute atomic E-state index is 0.104. The van der Waals surface area contributed by atoms with Gasteiger partial charge in [-0.15, -0.1) is 0 Å². The topological polar surface area (TPSA) is 59.8 Å². The normalized spacial score (nSPS) is 15.0. The molecule has 5 rings (SSSR count). The number of hydrogen-bond donors (Lipinski definition) is 0. The first-order valence-electron chi connectivity index (χ1n) is 12.3. The maximum atomic E-state index is 13.7. The first kappa shape index (κ1) is 22.9. The van der Waals surface area contributed by atoms with Gasteiger partial charge in [0.25, 0.3) is 5.91 Å². The third-order valence-corrected chi connectivity index (χ3v) is 6.59. The van der Waals surface area contributed by atoms with E-state index in [0.29, 0.717) is 23.1 Å². The fourth-order valence-corrected chi connectivity index (χ4v) is 4.71. The van der Waals surface area contributed by atoms with Crippen molar-refractivity contribution in [3.8, 4) is 5.75 Å². The van der Waals surface area contributed by atoms with Gasteiger partial charge in [-0.3, -0.25) is 14.5 Å². The number of ether oxygens (including phenoxy) is 1. The molecule has 3 aromatic carbocycles. The molecule has 0 radical (unpaired) electrons. The van der Waals surface area contributed by atoms with Crippen LogP contribution in [0.1, 0.15) is 66.4 Å². The molecule has 1 amide bonds. The molecular formula is C30H29NO4. The summed E-state index contributed by atoms with van der Waals surface area (Å²) in [4.78, 5) is 29.1. The molecule has 0 fully saturated rings. The Morgan fingerprint density at radius 1 is 0.914 bits per heavy atom. The zero-order valence-electron chi connectivity index (χ0n) is 20.1. The Balaban J connectivity index is 1.64. The number of amides is 1. The summed E-state index contributed by atoms with van der Waals surface area (Å²) >= 11 is 0. The molecule has 1 aliphatic rings. The van der Waals surface area contributed by atoms with E-state index in [9.17, 15) is 9.59 Å². The predicted molar refractivity (Wildman–Crippen MR) is 138 cm³/mol. The zero-order valence-corrected chi connectivity index (χ0v) is 20.1. The van der Waals surface area contributed by atoms with E-state index in [1.54, 1.807) is 23.1 Å². The lowest BCUT2D eigenvalue weighted by molar-refractivity contribution is 0.0971. The SMILES string of the molecule is CCCCCOc1cccc(C2c3c(oc4ccccc4c3=O)C(=O)N2c2ccc(CC)cc2)c1. The molecule has 0 saturated carbocycles. The second-order valence-corrected chi connectivity index (χ2v) is 8.90. The van der Waals surface area contributed by atoms with Crippen molar-refractivity contribution in [1.82, 2.24) is 0 Å². The summed E-state index contributed by atoms with van der Waals surface area (Å²) in [5.41, 5.74) is 3.32. The Labute approximate surface area is 205 Å². The van der Waals surface area contributed by atoms with Gasteiger partial charge in [0, 0.05) is 5.69 Å². The molecule has 0 saturated heterocycles. The maximum Gasteiger partial charge on any atom is 0.295 e. The van der Waals surface area contributed by atoms with Crippen molar-refractivity contribution in [2.24, 2.45) is 0 Å². The number of para-hydroxylation sites is 1. The fraction of sp³-hybridized carbons (Fsp3) is 0.267. The largest absolute Gasteiger partial charge is 0.494 e. The van der Waals surface area contributed by atoms with Crippen molar-refractivity contribution >= 4 is 22.6 Å². The molecule has 1 unspecified atom stereocenters. The van der Waals surface area contributed by atoms with E-state index in [2.05, 4.69) is 13.8 Å². The van der Waals surface area contributed by atoms with Crippen LogP contribution in [0.3, 0.4) is 0 Å². The lowest BCUT2D eigenvalue weighted by Gasteiger charge is -2.25. The minimum atomic E-state index is -0.606. The first-order chi connectivity index (χ1) is 17.1. The molecule has 2 heterocycles. The van der Waals surface area contributed by atoms with Gasteiger partial charge in [0.2, 0.25) is 5.76 Å². The van der Waals surface area contributed by atoms with E-state index in [1.807, 2.05) is 54.6 Å². The van der Waals surface area contributed by atoms with Gasteiger partial charge >= 0.3 is 0 Å². The van der Waals surface area contributed by atoms with Crippen LogP contribution in [0, 0.1) is 0 Å². The number of anilines is 1. The first-order valence-corrected chi connectivity index (χ1v) is 12.3. The molecule has 1 atom stereocenters. The summed E-state index contributed by atoms with van der Waals surface area (Å²) in [6.07, 6.45) is 4.12. The lowest BCUT2D eigenvalue weighted by Crippen LogP contribution is -2.29. The molecule has 5 nitrogen and oxygen atoms in total. The summed E-state index contributed by atoms with van der Waals surface area (Å²) < 4.78 is 12.0. The molecule has 4 aromatic rings. The Morgan fingerprint density at radius 3 is 2.49 bits per heavy atom. The molecule has 0 aliphatic carbocycles. The van der Waals surface area contributed by atoms with Crippen LogP contribution < -0.4 is 15.1 Å². The number of hydrogen-bond acceptors (Lipinski definition) is 4. The van der Waals surface area contributed by atoms with Gasteiger partial charge in [-0.1, -0.05) is 63.1 Å². The molecule has 178 valence electrons. The standard InChI is InChI=1S/C30H29NO4/c1-3-5-8-18-34-23-11-9-10-21(19-23)27-26-28(32)24-12-6-7-13-25(24)35-29(26)30(33)31(27)22-16-14-20(4-2)15-17-22/h6-7,9-17,19,27H,3-5,8,18H2,1-2H3. The highest BCUT2D eigenvalue weighted by Crippen LogP contribution is 2.42. The van der Waals surface area contributed by atoms with Gasteiger partial charge in [0.1, 0.15) is 11.3 Å². The molecule has 0 N–H and O–H groups in total. The Hall–Kier alpha value is -3.86. The molecule has 0 bridgehead atoms. The summed E-state index contributed by atoms with van der Waals surface area (Å²) in [5.74, 6) is 0.518. The number of fused-ring (bicyclic) bond motifs is 2. The van der Waals surface area contributed by atoms with Crippen molar-refractivity contribution < 1.29 is 13.9 Å². The lowest BCUT2D eigenvalue weighted by atomic mass is 9.98. The van der Waals surface area contributed by atoms with Crippen LogP contribution in [0.2, 0.25) is 0 Å². The zero-order chi connectivity index (χ0) is 24.4. The number of unbranched alkanes of at least 4 members (excludes halogenated alkanes) is 2. The van der Waals surface area contributed by atoms with Gasteiger partial charge < -0.3 is 9.15 Å². The van der Waals surface area contributed by atoms with Crippen LogP contribution in [0.5, 0.6) is 5.75 Å². The van der Waals surface area contributed by atoms with Gasteiger partial charge in [-0.25, -0.2) is 0 Å². The highest BCUT2D eigenvalue weighted by atomic mass is 16.5. The number of benzene rings is 3. The van der Waals surface area contributed by atoms with E-state index in [1.165, 1.54) is 5.56 Å². The smallest absolute Gasteiger partial charge is 0.295 e. The number of nitrogens with zero attached hydrogens (tertiary/aromatic N) is 1. The van der Waals surface area contributed by atoms with E-state index in [0.717, 1.165) is 42.7 Å². The highest BCUT2D eigenvalue weighted by molar-refractivity contribution is 6.10. The number of carbonyl (C=O) groups excluding carboxylic acids is 1. The molecular weight excluding hydrogens is 438 g/mol. The molecule has 5 heteroatoms. The minimum Gasteiger partial charge on any atom is -0.494 e. The third kappa shape index (κ3) is 4.23. The number of carbonyl (C=O) groups is 1. The molecule has 1 aromatic heterocycles. The van der Waals surface area contributed by atoms with E-state index in [-0.39, 0.29) is 17.1 Å². The third-order valence-electron chi connectivity index (χ3n) is 6.59. The van der Waals surface area contributed by atoms with Gasteiger partial charge in [0.15, 0.2) is 5.43 Å². The van der Waals surface area contributed by atoms with Crippen LogP contribution in [0.4, 0.5) is 5.69 Å². The van der Waals surface area contributed by atoms with Crippen molar-refractivity contribution in [1.29, 1.82) is 0 Å². The Bertz CT molecular complexity index is 1420. The average Bonchev–Trinajstić information content (AvgIpc) is 3.19. The van der Waals surface area contributed by atoms with E-state index < -0.39 is 6.04 Å². The van der Waals surface area contributed by atoms with E-state index in [4.69, 9.17) is 9.15 Å². The fourth-order valence-electron chi connectivity index (χ4n) is 4.71. The Morgan fingerprint density at radius 2 is 1.71 bits per heavy atom. The van der Waals surface area contributed by atoms with Crippen LogP contribution >= 0.6 is 0 Å². The van der Waals surface area contributed by atoms with Crippen molar-refractivity contribution in [2.45, 2.75) is 45.6 Å². The number of aryl methyl sites for hydroxylation is 1. The van der Waals surface area contributed by atoms with Crippen molar-refractivity contribution in [2.75, 3.05) is 11.5 Å². The van der Waals surface area contributed by atoms with Gasteiger partial charge in [-0.05, 0) is 60.4 Å². The van der Waals surface area contributed by atoms with Gasteiger partial charge in [0.05, 0.1) is 23.6 Å². The second-order valence-electron chi connectivity index (χ2n) is 8.90. The van der Waals surface area contributed by atoms with Crippen LogP contribution in [0.25, 0.3) is 11.0 Å². The second kappa shape index (κ2) is 9.79. The van der Waals surface area contributed by atoms with Crippen LogP contribution in [-0.2, 0) is 6.42 Å². The van der Waals surface area contributed by atoms with Crippen LogP contribution in [0.15, 0.2) is 82.0 Å². The van der Waals surface area contributed by atoms with E-state index >= 15 is 0 Å². The summed E-state index contributed by atoms with van der Waals surface area (Å²) in [7, 11) is 0. The van der Waals surface area contributed by atoms with Crippen molar-refractivity contribution in [3.63, 3.8) is 0 Å². The quantitative estimate of drug-likeness (QED) is 0.271. The van der Waals surface area contributed by atoms with Crippen molar-refractivity contribution in [3.05, 3.63) is 105 Å². The summed E-state index contributed by atoms with van der Waals surface area (Å²) in [6, 6.07) is 22.1. The number of rotatable bonds is 8. The van der Waals surface area contributed by atoms with Gasteiger partial charge in [-0.2, -0.15) is 0 Å². The summed E-state index contributed by atoms with van der Waals surface area (Å²) in [6.45, 7) is 4.88. The maximum absolute atomic E-state index is 13.7. The molecule has 0 spiro atoms. The molecule has 1 aliphatic heterocycles. The predicted octanol–water partition coefficient (Wildman–Crippen LogP) is 6.67.